The van der Waals surface area contributed by atoms with E-state index in [1.54, 1.807) is 0 Å². The van der Waals surface area contributed by atoms with Crippen molar-refractivity contribution in [3.05, 3.63) is 52.8 Å². The second-order valence-corrected chi connectivity index (χ2v) is 4.78. The van der Waals surface area contributed by atoms with Gasteiger partial charge in [-0.1, -0.05) is 30.3 Å². The Kier molecular flexibility index (Phi) is 3.13. The van der Waals surface area contributed by atoms with Crippen molar-refractivity contribution >= 4 is 0 Å². The first-order valence-electron chi connectivity index (χ1n) is 6.38. The normalized spacial score (nSPS) is 15.6. The van der Waals surface area contributed by atoms with Crippen molar-refractivity contribution in [1.29, 1.82) is 0 Å². The lowest BCUT2D eigenvalue weighted by Crippen LogP contribution is -2.30. The third-order valence-corrected chi connectivity index (χ3v) is 3.54. The molecule has 1 aliphatic heterocycles. The highest BCUT2D eigenvalue weighted by Crippen LogP contribution is 2.21. The minimum Gasteiger partial charge on any atom is -0.325 e. The van der Waals surface area contributed by atoms with Crippen LogP contribution in [0.25, 0.3) is 0 Å². The summed E-state index contributed by atoms with van der Waals surface area (Å²) in [6, 6.07) is 10.6. The highest BCUT2D eigenvalue weighted by molar-refractivity contribution is 5.28. The van der Waals surface area contributed by atoms with Crippen molar-refractivity contribution in [3.8, 4) is 0 Å². The largest absolute Gasteiger partial charge is 0.325 e. The van der Waals surface area contributed by atoms with Crippen LogP contribution in [-0.4, -0.2) is 21.6 Å². The van der Waals surface area contributed by atoms with Gasteiger partial charge in [0.15, 0.2) is 0 Å². The number of nitrogens with one attached hydrogen (secondary N) is 1. The molecule has 94 valence electrons. The Labute approximate surface area is 107 Å². The van der Waals surface area contributed by atoms with Crippen molar-refractivity contribution in [2.45, 2.75) is 26.1 Å². The zero-order valence-corrected chi connectivity index (χ0v) is 10.4. The fourth-order valence-electron chi connectivity index (χ4n) is 2.59. The van der Waals surface area contributed by atoms with E-state index in [1.807, 2.05) is 0 Å². The van der Waals surface area contributed by atoms with Gasteiger partial charge in [0, 0.05) is 31.7 Å². The summed E-state index contributed by atoms with van der Waals surface area (Å²) in [5.74, 6) is 0. The van der Waals surface area contributed by atoms with E-state index in [0.29, 0.717) is 6.54 Å². The van der Waals surface area contributed by atoms with Gasteiger partial charge in [0.25, 0.3) is 0 Å². The number of nitrogens with zero attached hydrogens (tertiary/aromatic N) is 2. The SMILES string of the molecule is NCc1n[nH]c2c1CCN(Cc1ccccc1)C2. The van der Waals surface area contributed by atoms with Crippen LogP contribution in [-0.2, 0) is 26.1 Å². The molecule has 0 atom stereocenters. The van der Waals surface area contributed by atoms with Crippen LogP contribution in [0.4, 0.5) is 0 Å². The molecule has 3 N–H and O–H groups in total. The smallest absolute Gasteiger partial charge is 0.0793 e. The van der Waals surface area contributed by atoms with Crippen LogP contribution in [0.15, 0.2) is 30.3 Å². The van der Waals surface area contributed by atoms with Gasteiger partial charge in [-0.2, -0.15) is 5.10 Å². The van der Waals surface area contributed by atoms with Crippen LogP contribution < -0.4 is 5.73 Å². The van der Waals surface area contributed by atoms with Crippen LogP contribution in [0, 0.1) is 0 Å². The quantitative estimate of drug-likeness (QED) is 0.856. The lowest BCUT2D eigenvalue weighted by molar-refractivity contribution is 0.242. The Morgan fingerprint density at radius 3 is 2.89 bits per heavy atom. The zero-order chi connectivity index (χ0) is 12.4. The van der Waals surface area contributed by atoms with Gasteiger partial charge in [-0.3, -0.25) is 10.00 Å². The van der Waals surface area contributed by atoms with E-state index in [0.717, 1.165) is 31.7 Å². The highest BCUT2D eigenvalue weighted by Gasteiger charge is 2.20. The fraction of sp³-hybridized carbons (Fsp3) is 0.357. The molecule has 0 spiro atoms. The molecule has 2 aromatic rings. The number of aromatic amines is 1. The second kappa shape index (κ2) is 4.92. The van der Waals surface area contributed by atoms with Crippen LogP contribution in [0.1, 0.15) is 22.5 Å². The number of H-pyrrole nitrogens is 1. The van der Waals surface area contributed by atoms with Gasteiger partial charge in [-0.15, -0.1) is 0 Å². The van der Waals surface area contributed by atoms with Crippen LogP contribution in [0.5, 0.6) is 0 Å². The Morgan fingerprint density at radius 2 is 2.11 bits per heavy atom. The van der Waals surface area contributed by atoms with Gasteiger partial charge in [-0.25, -0.2) is 0 Å². The molecule has 1 aromatic heterocycles. The van der Waals surface area contributed by atoms with Gasteiger partial charge in [0.1, 0.15) is 0 Å². The molecule has 0 aliphatic carbocycles. The molecule has 3 rings (SSSR count). The fourth-order valence-corrected chi connectivity index (χ4v) is 2.59. The van der Waals surface area contributed by atoms with Crippen molar-refractivity contribution < 1.29 is 0 Å². The molecule has 0 unspecified atom stereocenters. The summed E-state index contributed by atoms with van der Waals surface area (Å²) in [7, 11) is 0. The molecule has 4 nitrogen and oxygen atoms in total. The molecule has 0 bridgehead atoms. The second-order valence-electron chi connectivity index (χ2n) is 4.78. The molecule has 0 amide bonds. The van der Waals surface area contributed by atoms with E-state index in [-0.39, 0.29) is 0 Å². The summed E-state index contributed by atoms with van der Waals surface area (Å²) >= 11 is 0. The molecular formula is C14H18N4. The van der Waals surface area contributed by atoms with E-state index in [9.17, 15) is 0 Å². The highest BCUT2D eigenvalue weighted by atomic mass is 15.2. The third kappa shape index (κ3) is 2.17. The molecule has 1 aromatic carbocycles. The van der Waals surface area contributed by atoms with E-state index >= 15 is 0 Å². The standard InChI is InChI=1S/C14H18N4/c15-8-13-12-6-7-18(10-14(12)17-16-13)9-11-4-2-1-3-5-11/h1-5H,6-10,15H2,(H,16,17). The summed E-state index contributed by atoms with van der Waals surface area (Å²) < 4.78 is 0. The maximum atomic E-state index is 5.68. The summed E-state index contributed by atoms with van der Waals surface area (Å²) in [6.07, 6.45) is 1.05. The molecule has 0 fully saturated rings. The van der Waals surface area contributed by atoms with Crippen molar-refractivity contribution in [3.63, 3.8) is 0 Å². The first-order valence-corrected chi connectivity index (χ1v) is 6.38. The summed E-state index contributed by atoms with van der Waals surface area (Å²) in [5.41, 5.74) is 10.6. The van der Waals surface area contributed by atoms with E-state index in [2.05, 4.69) is 45.4 Å². The van der Waals surface area contributed by atoms with Crippen LogP contribution in [0.3, 0.4) is 0 Å². The summed E-state index contributed by atoms with van der Waals surface area (Å²) in [6.45, 7) is 3.55. The number of hydrogen-bond acceptors (Lipinski definition) is 3. The molecule has 1 aliphatic rings. The Morgan fingerprint density at radius 1 is 1.28 bits per heavy atom. The first kappa shape index (κ1) is 11.4. The topological polar surface area (TPSA) is 57.9 Å². The molecule has 2 heterocycles. The molecular weight excluding hydrogens is 224 g/mol. The Balaban J connectivity index is 1.72. The van der Waals surface area contributed by atoms with Gasteiger partial charge in [0.2, 0.25) is 0 Å². The van der Waals surface area contributed by atoms with Crippen molar-refractivity contribution in [2.75, 3.05) is 6.54 Å². The van der Waals surface area contributed by atoms with Crippen molar-refractivity contribution in [2.24, 2.45) is 5.73 Å². The average Bonchev–Trinajstić information content (AvgIpc) is 2.82. The molecule has 0 saturated heterocycles. The number of rotatable bonds is 3. The van der Waals surface area contributed by atoms with Gasteiger partial charge >= 0.3 is 0 Å². The number of fused-ring (bicyclic) bond motifs is 1. The first-order chi connectivity index (χ1) is 8.86. The van der Waals surface area contributed by atoms with Crippen molar-refractivity contribution in [1.82, 2.24) is 15.1 Å². The monoisotopic (exact) mass is 242 g/mol. The lowest BCUT2D eigenvalue weighted by atomic mass is 10.0. The predicted molar refractivity (Wildman–Crippen MR) is 70.7 cm³/mol. The zero-order valence-electron chi connectivity index (χ0n) is 10.4. The average molecular weight is 242 g/mol. The summed E-state index contributed by atoms with van der Waals surface area (Å²) in [5, 5.41) is 7.40. The third-order valence-electron chi connectivity index (χ3n) is 3.54. The number of nitrogens with two attached hydrogens (primary N) is 1. The van der Waals surface area contributed by atoms with Gasteiger partial charge < -0.3 is 5.73 Å². The summed E-state index contributed by atoms with van der Waals surface area (Å²) in [4.78, 5) is 2.44. The number of hydrogen-bond donors (Lipinski definition) is 2. The lowest BCUT2D eigenvalue weighted by Gasteiger charge is -2.26. The predicted octanol–water partition coefficient (Wildman–Crippen LogP) is 1.43. The van der Waals surface area contributed by atoms with Gasteiger partial charge in [-0.05, 0) is 12.0 Å². The molecule has 0 saturated carbocycles. The van der Waals surface area contributed by atoms with E-state index in [4.69, 9.17) is 5.73 Å². The molecule has 18 heavy (non-hydrogen) atoms. The Bertz CT molecular complexity index is 518. The van der Waals surface area contributed by atoms with Crippen LogP contribution in [0.2, 0.25) is 0 Å². The van der Waals surface area contributed by atoms with Crippen LogP contribution >= 0.6 is 0 Å². The Hall–Kier alpha value is -1.65. The minimum absolute atomic E-state index is 0.532. The van der Waals surface area contributed by atoms with E-state index < -0.39 is 0 Å². The molecule has 0 radical (unpaired) electrons. The molecule has 4 heteroatoms. The minimum atomic E-state index is 0.532. The maximum Gasteiger partial charge on any atom is 0.0793 e. The maximum absolute atomic E-state index is 5.68. The van der Waals surface area contributed by atoms with Gasteiger partial charge in [0.05, 0.1) is 11.4 Å². The number of aromatic nitrogens is 2. The number of benzene rings is 1. The van der Waals surface area contributed by atoms with E-state index in [1.165, 1.54) is 16.8 Å².